The molecule has 34 heavy (non-hydrogen) atoms. The number of nitrogens with zero attached hydrogens (tertiary/aromatic N) is 5. The lowest BCUT2D eigenvalue weighted by molar-refractivity contribution is -0.120. The van der Waals surface area contributed by atoms with Gasteiger partial charge in [0.1, 0.15) is 11.9 Å². The van der Waals surface area contributed by atoms with E-state index in [2.05, 4.69) is 15.3 Å². The van der Waals surface area contributed by atoms with Crippen molar-refractivity contribution in [2.24, 2.45) is 7.05 Å². The zero-order chi connectivity index (χ0) is 24.0. The summed E-state index contributed by atoms with van der Waals surface area (Å²) in [4.78, 5) is 32.1. The second-order valence-electron chi connectivity index (χ2n) is 9.68. The van der Waals surface area contributed by atoms with E-state index in [1.54, 1.807) is 21.5 Å². The molecular weight excluding hydrogens is 475 g/mol. The fourth-order valence-corrected chi connectivity index (χ4v) is 5.34. The number of aromatic nitrogens is 2. The van der Waals surface area contributed by atoms with Crippen molar-refractivity contribution in [3.8, 4) is 0 Å². The minimum atomic E-state index is -0.511. The highest BCUT2D eigenvalue weighted by Gasteiger charge is 2.44. The van der Waals surface area contributed by atoms with Crippen molar-refractivity contribution in [1.82, 2.24) is 24.5 Å². The molecular formula is C24H30Cl2N6O2. The molecule has 0 bridgehead atoms. The molecule has 182 valence electrons. The molecule has 3 heterocycles. The Hall–Kier alpha value is -2.29. The first kappa shape index (κ1) is 23.5. The van der Waals surface area contributed by atoms with Crippen molar-refractivity contribution in [3.05, 3.63) is 45.6 Å². The molecule has 1 aliphatic carbocycles. The topological polar surface area (TPSA) is 73.7 Å². The smallest absolute Gasteiger partial charge is 0.320 e. The van der Waals surface area contributed by atoms with Crippen LogP contribution in [-0.4, -0.2) is 75.2 Å². The second-order valence-corrected chi connectivity index (χ2v) is 10.5. The third kappa shape index (κ3) is 4.76. The number of likely N-dealkylation sites (N-methyl/N-ethyl adjacent to an activating group) is 1. The van der Waals surface area contributed by atoms with Gasteiger partial charge in [0.2, 0.25) is 5.91 Å². The number of nitrogens with one attached hydrogen (secondary N) is 1. The number of piperidine rings is 1. The Bertz CT molecular complexity index is 1090. The number of hydrogen-bond donors (Lipinski definition) is 1. The van der Waals surface area contributed by atoms with Crippen molar-refractivity contribution >= 4 is 41.0 Å². The lowest BCUT2D eigenvalue weighted by Gasteiger charge is -2.38. The van der Waals surface area contributed by atoms with Crippen LogP contribution in [0, 0.1) is 0 Å². The fourth-order valence-electron chi connectivity index (χ4n) is 5.02. The molecule has 1 aromatic heterocycles. The first-order valence-electron chi connectivity index (χ1n) is 11.8. The van der Waals surface area contributed by atoms with E-state index < -0.39 is 6.04 Å². The van der Waals surface area contributed by atoms with Crippen LogP contribution in [0.4, 0.5) is 10.6 Å². The van der Waals surface area contributed by atoms with E-state index in [1.165, 1.54) is 0 Å². The summed E-state index contributed by atoms with van der Waals surface area (Å²) >= 11 is 12.2. The lowest BCUT2D eigenvalue weighted by Crippen LogP contribution is -2.52. The van der Waals surface area contributed by atoms with E-state index in [0.29, 0.717) is 28.3 Å². The maximum atomic E-state index is 13.3. The molecule has 3 fully saturated rings. The van der Waals surface area contributed by atoms with Crippen LogP contribution in [0.5, 0.6) is 0 Å². The van der Waals surface area contributed by atoms with Crippen LogP contribution in [0.2, 0.25) is 10.0 Å². The van der Waals surface area contributed by atoms with Gasteiger partial charge in [-0.25, -0.2) is 4.79 Å². The van der Waals surface area contributed by atoms with Crippen LogP contribution in [0.25, 0.3) is 0 Å². The van der Waals surface area contributed by atoms with Gasteiger partial charge in [0.15, 0.2) is 0 Å². The minimum absolute atomic E-state index is 0.0341. The average molecular weight is 505 g/mol. The Morgan fingerprint density at radius 2 is 1.82 bits per heavy atom. The van der Waals surface area contributed by atoms with Crippen LogP contribution in [0.15, 0.2) is 24.3 Å². The Kier molecular flexibility index (Phi) is 6.48. The molecule has 8 nitrogen and oxygen atoms in total. The molecule has 0 spiro atoms. The largest absolute Gasteiger partial charge is 0.325 e. The van der Waals surface area contributed by atoms with Gasteiger partial charge >= 0.3 is 6.03 Å². The number of amides is 3. The Morgan fingerprint density at radius 3 is 2.50 bits per heavy atom. The minimum Gasteiger partial charge on any atom is -0.325 e. The highest BCUT2D eigenvalue weighted by molar-refractivity contribution is 6.42. The first-order valence-corrected chi connectivity index (χ1v) is 12.6. The molecule has 2 saturated heterocycles. The summed E-state index contributed by atoms with van der Waals surface area (Å²) < 4.78 is 1.72. The SMILES string of the molecule is CN1C[C@H](C(=O)Nc2cc(C3CC3)nn2C)N(C2CCN(Cc3ccc(Cl)c(Cl)c3)CC2)C1=O. The Balaban J connectivity index is 1.22. The average Bonchev–Trinajstić information content (AvgIpc) is 3.54. The quantitative estimate of drug-likeness (QED) is 0.646. The van der Waals surface area contributed by atoms with Gasteiger partial charge in [-0.1, -0.05) is 29.3 Å². The van der Waals surface area contributed by atoms with Crippen molar-refractivity contribution < 1.29 is 9.59 Å². The van der Waals surface area contributed by atoms with E-state index >= 15 is 0 Å². The van der Waals surface area contributed by atoms with Gasteiger partial charge in [0.05, 0.1) is 22.3 Å². The Morgan fingerprint density at radius 1 is 1.09 bits per heavy atom. The van der Waals surface area contributed by atoms with E-state index in [-0.39, 0.29) is 18.0 Å². The summed E-state index contributed by atoms with van der Waals surface area (Å²) in [6, 6.07) is 7.13. The van der Waals surface area contributed by atoms with Crippen molar-refractivity contribution in [2.45, 2.75) is 50.2 Å². The number of aryl methyl sites for hydroxylation is 1. The van der Waals surface area contributed by atoms with Gasteiger partial charge in [0, 0.05) is 51.8 Å². The highest BCUT2D eigenvalue weighted by atomic mass is 35.5. The molecule has 5 rings (SSSR count). The number of carbonyl (C=O) groups excluding carboxylic acids is 2. The maximum absolute atomic E-state index is 13.3. The van der Waals surface area contributed by atoms with Crippen LogP contribution >= 0.6 is 23.2 Å². The number of likely N-dealkylation sites (tertiary alicyclic amines) is 1. The van der Waals surface area contributed by atoms with Crippen LogP contribution in [-0.2, 0) is 18.4 Å². The van der Waals surface area contributed by atoms with Crippen molar-refractivity contribution in [1.29, 1.82) is 0 Å². The standard InChI is InChI=1S/C24H30Cl2N6O2/c1-29-14-21(23(33)27-22-12-20(16-4-5-16)28-30(22)2)32(24(29)34)17-7-9-31(10-8-17)13-15-3-6-18(25)19(26)11-15/h3,6,11-12,16-17,21H,4-5,7-10,13-14H2,1-2H3,(H,27,33)/t21-/m1/s1. The van der Waals surface area contributed by atoms with Gasteiger partial charge in [-0.05, 0) is 43.4 Å². The molecule has 1 aromatic carbocycles. The third-order valence-corrected chi connectivity index (χ3v) is 7.86. The van der Waals surface area contributed by atoms with Crippen molar-refractivity contribution in [2.75, 3.05) is 32.0 Å². The number of urea groups is 1. The van der Waals surface area contributed by atoms with Crippen LogP contribution < -0.4 is 5.32 Å². The summed E-state index contributed by atoms with van der Waals surface area (Å²) in [5.74, 6) is 1.05. The lowest BCUT2D eigenvalue weighted by atomic mass is 10.0. The van der Waals surface area contributed by atoms with E-state index in [0.717, 1.165) is 56.6 Å². The number of rotatable bonds is 6. The number of halogens is 2. The summed E-state index contributed by atoms with van der Waals surface area (Å²) in [6.45, 7) is 2.87. The predicted molar refractivity (Wildman–Crippen MR) is 132 cm³/mol. The van der Waals surface area contributed by atoms with Gasteiger partial charge in [0.25, 0.3) is 0 Å². The summed E-state index contributed by atoms with van der Waals surface area (Å²) in [6.07, 6.45) is 3.96. The molecule has 2 aliphatic heterocycles. The fraction of sp³-hybridized carbons (Fsp3) is 0.542. The number of carbonyl (C=O) groups is 2. The summed E-state index contributed by atoms with van der Waals surface area (Å²) in [5, 5.41) is 8.67. The zero-order valence-electron chi connectivity index (χ0n) is 19.5. The van der Waals surface area contributed by atoms with E-state index in [9.17, 15) is 9.59 Å². The molecule has 1 saturated carbocycles. The van der Waals surface area contributed by atoms with E-state index in [4.69, 9.17) is 23.2 Å². The number of hydrogen-bond acceptors (Lipinski definition) is 4. The molecule has 0 unspecified atom stereocenters. The molecule has 1 atom stereocenters. The van der Waals surface area contributed by atoms with Gasteiger partial charge in [-0.3, -0.25) is 14.4 Å². The Labute approximate surface area is 209 Å². The van der Waals surface area contributed by atoms with Gasteiger partial charge < -0.3 is 15.1 Å². The zero-order valence-corrected chi connectivity index (χ0v) is 21.0. The molecule has 2 aromatic rings. The number of benzene rings is 1. The summed E-state index contributed by atoms with van der Waals surface area (Å²) in [5.41, 5.74) is 2.15. The highest BCUT2D eigenvalue weighted by Crippen LogP contribution is 2.40. The van der Waals surface area contributed by atoms with Gasteiger partial charge in [-0.2, -0.15) is 5.10 Å². The molecule has 0 radical (unpaired) electrons. The predicted octanol–water partition coefficient (Wildman–Crippen LogP) is 3.94. The van der Waals surface area contributed by atoms with E-state index in [1.807, 2.05) is 31.3 Å². The molecule has 10 heteroatoms. The maximum Gasteiger partial charge on any atom is 0.320 e. The normalized spacial score (nSPS) is 22.0. The van der Waals surface area contributed by atoms with Crippen molar-refractivity contribution in [3.63, 3.8) is 0 Å². The summed E-state index contributed by atoms with van der Waals surface area (Å²) in [7, 11) is 3.60. The van der Waals surface area contributed by atoms with Gasteiger partial charge in [-0.15, -0.1) is 0 Å². The van der Waals surface area contributed by atoms with Crippen LogP contribution in [0.3, 0.4) is 0 Å². The molecule has 3 aliphatic rings. The monoisotopic (exact) mass is 504 g/mol. The first-order chi connectivity index (χ1) is 16.3. The second kappa shape index (κ2) is 9.40. The molecule has 1 N–H and O–H groups in total. The molecule has 3 amide bonds. The van der Waals surface area contributed by atoms with Crippen LogP contribution in [0.1, 0.15) is 42.9 Å². The number of anilines is 1. The third-order valence-electron chi connectivity index (χ3n) is 7.12.